The molecule has 0 unspecified atom stereocenters. The van der Waals surface area contributed by atoms with Crippen LogP contribution in [-0.4, -0.2) is 40.8 Å². The van der Waals surface area contributed by atoms with Crippen LogP contribution in [0.1, 0.15) is 5.56 Å². The molecule has 2 aromatic carbocycles. The Hall–Kier alpha value is -2.37. The maximum Gasteiger partial charge on any atom is 0.224 e. The lowest BCUT2D eigenvalue weighted by atomic mass is 10.1. The standard InChI is InChI=1S/C19H21N3O2/c1-22-16-5-3-2-4-13(16)14-8-12(6-7-17(14)22)9-19(24)21-15-10-20-11-18(15)23/h2-8,15,18,20,23H,9-11H2,1H3,(H,21,24)/t15-,18-/m1/s1. The molecule has 0 radical (unpaired) electrons. The molecule has 0 spiro atoms. The number of nitrogens with zero attached hydrogens (tertiary/aromatic N) is 1. The van der Waals surface area contributed by atoms with Crippen LogP contribution in [0.25, 0.3) is 21.8 Å². The lowest BCUT2D eigenvalue weighted by Crippen LogP contribution is -2.43. The van der Waals surface area contributed by atoms with Crippen LogP contribution in [0.4, 0.5) is 0 Å². The fourth-order valence-electron chi connectivity index (χ4n) is 3.58. The van der Waals surface area contributed by atoms with Crippen LogP contribution >= 0.6 is 0 Å². The highest BCUT2D eigenvalue weighted by Gasteiger charge is 2.26. The van der Waals surface area contributed by atoms with Gasteiger partial charge in [0.25, 0.3) is 0 Å². The van der Waals surface area contributed by atoms with E-state index in [1.54, 1.807) is 0 Å². The van der Waals surface area contributed by atoms with Gasteiger partial charge in [0.2, 0.25) is 5.91 Å². The second kappa shape index (κ2) is 5.92. The Morgan fingerprint density at radius 3 is 2.79 bits per heavy atom. The van der Waals surface area contributed by atoms with E-state index in [1.165, 1.54) is 16.3 Å². The second-order valence-corrected chi connectivity index (χ2v) is 6.50. The number of β-amino-alcohol motifs (C(OH)–C–C–N with tert-alkyl or cyclic N) is 1. The molecule has 0 bridgehead atoms. The Morgan fingerprint density at radius 1 is 1.21 bits per heavy atom. The minimum Gasteiger partial charge on any atom is -0.390 e. The van der Waals surface area contributed by atoms with Gasteiger partial charge in [0.15, 0.2) is 0 Å². The molecule has 124 valence electrons. The van der Waals surface area contributed by atoms with Crippen molar-refractivity contribution >= 4 is 27.7 Å². The average Bonchev–Trinajstić information content (AvgIpc) is 3.10. The number of amides is 1. The number of benzene rings is 2. The maximum atomic E-state index is 12.3. The number of rotatable bonds is 3. The zero-order valence-corrected chi connectivity index (χ0v) is 13.6. The summed E-state index contributed by atoms with van der Waals surface area (Å²) in [4.78, 5) is 12.3. The predicted molar refractivity (Wildman–Crippen MR) is 94.9 cm³/mol. The first-order valence-corrected chi connectivity index (χ1v) is 8.27. The summed E-state index contributed by atoms with van der Waals surface area (Å²) in [6.45, 7) is 1.15. The second-order valence-electron chi connectivity index (χ2n) is 6.50. The molecule has 3 aromatic rings. The van der Waals surface area contributed by atoms with Gasteiger partial charge in [-0.05, 0) is 23.8 Å². The van der Waals surface area contributed by atoms with Crippen molar-refractivity contribution in [1.29, 1.82) is 0 Å². The average molecular weight is 323 g/mol. The van der Waals surface area contributed by atoms with Crippen molar-refractivity contribution < 1.29 is 9.90 Å². The van der Waals surface area contributed by atoms with Crippen molar-refractivity contribution in [2.45, 2.75) is 18.6 Å². The number of carbonyl (C=O) groups is 1. The van der Waals surface area contributed by atoms with Crippen molar-refractivity contribution in [2.75, 3.05) is 13.1 Å². The molecule has 5 heteroatoms. The molecule has 1 fully saturated rings. The highest BCUT2D eigenvalue weighted by atomic mass is 16.3. The molecular formula is C19H21N3O2. The van der Waals surface area contributed by atoms with Gasteiger partial charge in [0, 0.05) is 41.9 Å². The number of aryl methyl sites for hydroxylation is 1. The highest BCUT2D eigenvalue weighted by Crippen LogP contribution is 2.28. The molecule has 5 nitrogen and oxygen atoms in total. The van der Waals surface area contributed by atoms with Crippen molar-refractivity contribution in [3.05, 3.63) is 48.0 Å². The number of aliphatic hydroxyl groups excluding tert-OH is 1. The van der Waals surface area contributed by atoms with Crippen molar-refractivity contribution in [1.82, 2.24) is 15.2 Å². The van der Waals surface area contributed by atoms with Gasteiger partial charge in [-0.1, -0.05) is 24.3 Å². The van der Waals surface area contributed by atoms with E-state index in [2.05, 4.69) is 46.5 Å². The third kappa shape index (κ3) is 2.56. The van der Waals surface area contributed by atoms with Crippen LogP contribution in [0, 0.1) is 0 Å². The molecule has 0 saturated carbocycles. The summed E-state index contributed by atoms with van der Waals surface area (Å²) in [6.07, 6.45) is -0.183. The first-order chi connectivity index (χ1) is 11.6. The number of aromatic nitrogens is 1. The van der Waals surface area contributed by atoms with Gasteiger partial charge in [-0.2, -0.15) is 0 Å². The minimum absolute atomic E-state index is 0.0534. The van der Waals surface area contributed by atoms with Crippen LogP contribution in [0.5, 0.6) is 0 Å². The summed E-state index contributed by atoms with van der Waals surface area (Å²) in [7, 11) is 2.06. The van der Waals surface area contributed by atoms with Gasteiger partial charge >= 0.3 is 0 Å². The predicted octanol–water partition coefficient (Wildman–Crippen LogP) is 1.32. The summed E-state index contributed by atoms with van der Waals surface area (Å²) < 4.78 is 2.18. The van der Waals surface area contributed by atoms with Gasteiger partial charge in [-0.15, -0.1) is 0 Å². The summed E-state index contributed by atoms with van der Waals surface area (Å²) in [5, 5.41) is 18.1. The van der Waals surface area contributed by atoms with Crippen molar-refractivity contribution in [3.8, 4) is 0 Å². The number of nitrogens with one attached hydrogen (secondary N) is 2. The number of carbonyl (C=O) groups excluding carboxylic acids is 1. The van der Waals surface area contributed by atoms with E-state index in [9.17, 15) is 9.90 Å². The number of hydrogen-bond donors (Lipinski definition) is 3. The van der Waals surface area contributed by atoms with E-state index in [0.717, 1.165) is 11.1 Å². The normalized spacial score (nSPS) is 20.8. The molecule has 0 aliphatic carbocycles. The molecular weight excluding hydrogens is 302 g/mol. The van der Waals surface area contributed by atoms with Crippen LogP contribution < -0.4 is 10.6 Å². The molecule has 2 atom stereocenters. The molecule has 2 heterocycles. The van der Waals surface area contributed by atoms with Crippen LogP contribution in [0.15, 0.2) is 42.5 Å². The summed E-state index contributed by atoms with van der Waals surface area (Å²) in [6, 6.07) is 14.3. The van der Waals surface area contributed by atoms with E-state index in [4.69, 9.17) is 0 Å². The maximum absolute atomic E-state index is 12.3. The van der Waals surface area contributed by atoms with Crippen molar-refractivity contribution in [3.63, 3.8) is 0 Å². The lowest BCUT2D eigenvalue weighted by Gasteiger charge is -2.15. The van der Waals surface area contributed by atoms with E-state index in [0.29, 0.717) is 19.5 Å². The van der Waals surface area contributed by atoms with Gasteiger partial charge in [0.1, 0.15) is 0 Å². The smallest absolute Gasteiger partial charge is 0.224 e. The van der Waals surface area contributed by atoms with Gasteiger partial charge in [-0.3, -0.25) is 4.79 Å². The van der Waals surface area contributed by atoms with Gasteiger partial charge < -0.3 is 20.3 Å². The summed E-state index contributed by atoms with van der Waals surface area (Å²) in [5.74, 6) is -0.0534. The monoisotopic (exact) mass is 323 g/mol. The quantitative estimate of drug-likeness (QED) is 0.681. The Kier molecular flexibility index (Phi) is 3.75. The minimum atomic E-state index is -0.505. The van der Waals surface area contributed by atoms with Crippen molar-refractivity contribution in [2.24, 2.45) is 7.05 Å². The number of aliphatic hydroxyl groups is 1. The zero-order chi connectivity index (χ0) is 16.7. The molecule has 1 amide bonds. The SMILES string of the molecule is Cn1c2ccccc2c2cc(CC(=O)N[C@@H]3CNC[C@H]3O)ccc21. The van der Waals surface area contributed by atoms with Crippen LogP contribution in [0.3, 0.4) is 0 Å². The molecule has 3 N–H and O–H groups in total. The zero-order valence-electron chi connectivity index (χ0n) is 13.6. The Balaban J connectivity index is 1.61. The Labute approximate surface area is 140 Å². The summed E-state index contributed by atoms with van der Waals surface area (Å²) in [5.41, 5.74) is 3.34. The molecule has 1 aromatic heterocycles. The third-order valence-electron chi connectivity index (χ3n) is 4.87. The Bertz CT molecular complexity index is 916. The number of para-hydroxylation sites is 1. The largest absolute Gasteiger partial charge is 0.390 e. The summed E-state index contributed by atoms with van der Waals surface area (Å²) >= 11 is 0. The van der Waals surface area contributed by atoms with Gasteiger partial charge in [-0.25, -0.2) is 0 Å². The number of fused-ring (bicyclic) bond motifs is 3. The lowest BCUT2D eigenvalue weighted by molar-refractivity contribution is -0.121. The molecule has 1 aliphatic heterocycles. The molecule has 4 rings (SSSR count). The van der Waals surface area contributed by atoms with E-state index >= 15 is 0 Å². The van der Waals surface area contributed by atoms with Crippen LogP contribution in [-0.2, 0) is 18.3 Å². The first-order valence-electron chi connectivity index (χ1n) is 8.27. The fourth-order valence-corrected chi connectivity index (χ4v) is 3.58. The number of hydrogen-bond acceptors (Lipinski definition) is 3. The van der Waals surface area contributed by atoms with E-state index in [-0.39, 0.29) is 11.9 Å². The van der Waals surface area contributed by atoms with Crippen LogP contribution in [0.2, 0.25) is 0 Å². The van der Waals surface area contributed by atoms with E-state index < -0.39 is 6.10 Å². The highest BCUT2D eigenvalue weighted by molar-refractivity contribution is 6.08. The van der Waals surface area contributed by atoms with Gasteiger partial charge in [0.05, 0.1) is 18.6 Å². The molecule has 24 heavy (non-hydrogen) atoms. The molecule has 1 aliphatic rings. The third-order valence-corrected chi connectivity index (χ3v) is 4.87. The first kappa shape index (κ1) is 15.2. The topological polar surface area (TPSA) is 66.3 Å². The molecule has 1 saturated heterocycles. The van der Waals surface area contributed by atoms with E-state index in [1.807, 2.05) is 18.2 Å². The Morgan fingerprint density at radius 2 is 2.00 bits per heavy atom. The fraction of sp³-hybridized carbons (Fsp3) is 0.316.